The molecular weight excluding hydrogens is 771 g/mol. The summed E-state index contributed by atoms with van der Waals surface area (Å²) in [6, 6.07) is 18.5. The quantitative estimate of drug-likeness (QED) is 0.0417. The minimum absolute atomic E-state index is 0.0120. The van der Waals surface area contributed by atoms with Crippen LogP contribution < -0.4 is 25.0 Å². The molecule has 306 valence electrons. The Kier molecular flexibility index (Phi) is 13.8. The minimum Gasteiger partial charge on any atom is -0.481 e. The van der Waals surface area contributed by atoms with Crippen LogP contribution in [0.4, 0.5) is 28.9 Å². The highest BCUT2D eigenvalue weighted by atomic mass is 19.2. The second-order valence-corrected chi connectivity index (χ2v) is 14.9. The van der Waals surface area contributed by atoms with Gasteiger partial charge in [-0.15, -0.1) is 6.42 Å². The molecule has 4 aromatic rings. The van der Waals surface area contributed by atoms with Crippen LogP contribution in [-0.4, -0.2) is 48.0 Å². The van der Waals surface area contributed by atoms with Crippen LogP contribution in [0.5, 0.6) is 11.5 Å². The van der Waals surface area contributed by atoms with Crippen LogP contribution in [0.25, 0.3) is 0 Å². The number of terminal acetylenes is 1. The van der Waals surface area contributed by atoms with Gasteiger partial charge in [-0.1, -0.05) is 48.1 Å². The van der Waals surface area contributed by atoms with Crippen LogP contribution in [0.3, 0.4) is 0 Å². The van der Waals surface area contributed by atoms with Crippen LogP contribution in [0.2, 0.25) is 0 Å². The molecule has 0 fully saturated rings. The molecule has 3 amide bonds. The number of halogens is 4. The average Bonchev–Trinajstić information content (AvgIpc) is 3.19. The molecule has 1 aliphatic heterocycles. The summed E-state index contributed by atoms with van der Waals surface area (Å²) in [5, 5.41) is 5.52. The number of amides is 3. The Morgan fingerprint density at radius 1 is 0.831 bits per heavy atom. The summed E-state index contributed by atoms with van der Waals surface area (Å²) in [4.78, 5) is 54.2. The number of esters is 1. The first kappa shape index (κ1) is 43.5. The van der Waals surface area contributed by atoms with E-state index >= 15 is 0 Å². The number of fused-ring (bicyclic) bond motifs is 2. The van der Waals surface area contributed by atoms with Gasteiger partial charge in [0.2, 0.25) is 35.1 Å². The van der Waals surface area contributed by atoms with E-state index in [1.54, 1.807) is 32.6 Å². The number of nitrogens with zero attached hydrogens (tertiary/aromatic N) is 1. The van der Waals surface area contributed by atoms with Crippen molar-refractivity contribution in [3.63, 3.8) is 0 Å². The number of nitrogens with one attached hydrogen (secondary N) is 2. The first-order valence-corrected chi connectivity index (χ1v) is 18.5. The maximum absolute atomic E-state index is 14.2. The van der Waals surface area contributed by atoms with E-state index in [2.05, 4.69) is 33.1 Å². The number of hydrogen-bond donors (Lipinski definition) is 2. The lowest BCUT2D eigenvalue weighted by Crippen LogP contribution is -2.49. The van der Waals surface area contributed by atoms with Gasteiger partial charge in [0, 0.05) is 48.2 Å². The van der Waals surface area contributed by atoms with Gasteiger partial charge in [-0.25, -0.2) is 13.6 Å². The zero-order valence-corrected chi connectivity index (χ0v) is 32.8. The zero-order valence-electron chi connectivity index (χ0n) is 32.8. The summed E-state index contributed by atoms with van der Waals surface area (Å²) in [7, 11) is 0. The van der Waals surface area contributed by atoms with E-state index in [1.807, 2.05) is 48.5 Å². The molecule has 14 heteroatoms. The molecule has 0 spiro atoms. The lowest BCUT2D eigenvalue weighted by atomic mass is 10.0. The summed E-state index contributed by atoms with van der Waals surface area (Å²) in [6.45, 7) is 7.18. The van der Waals surface area contributed by atoms with E-state index in [4.69, 9.17) is 15.9 Å². The van der Waals surface area contributed by atoms with Gasteiger partial charge in [0.25, 0.3) is 0 Å². The molecular formula is C45H41F4N3O7. The van der Waals surface area contributed by atoms with Crippen molar-refractivity contribution in [3.05, 3.63) is 118 Å². The standard InChI is InChI=1S/C45H41F4N3O7/c1-6-21-57-33-23-31(43(56)59-42-40(48)34(46)25-35(47)41(42)49)22-32(24-33)50-37(53)19-20-45(4,5)58-27-44(2,3)51-38(54)17-18-39(55)52-26-30-13-8-7-11-28(30)15-16-29-12-9-10-14-36(29)52/h1,7-14,22-25H,17-21,26-27H2,2-5H3,(H,50,53)(H,51,54). The van der Waals surface area contributed by atoms with E-state index in [0.717, 1.165) is 23.3 Å². The van der Waals surface area contributed by atoms with Gasteiger partial charge >= 0.3 is 5.97 Å². The molecule has 1 aliphatic rings. The molecule has 4 aromatic carbocycles. The monoisotopic (exact) mass is 811 g/mol. The third-order valence-corrected chi connectivity index (χ3v) is 9.01. The maximum Gasteiger partial charge on any atom is 0.343 e. The number of ether oxygens (including phenoxy) is 3. The van der Waals surface area contributed by atoms with E-state index in [0.29, 0.717) is 17.8 Å². The Bertz CT molecular complexity index is 2350. The summed E-state index contributed by atoms with van der Waals surface area (Å²) >= 11 is 0. The smallest absolute Gasteiger partial charge is 0.343 e. The molecule has 10 nitrogen and oxygen atoms in total. The molecule has 0 atom stereocenters. The number of carbonyl (C=O) groups is 4. The van der Waals surface area contributed by atoms with Gasteiger partial charge < -0.3 is 29.7 Å². The number of rotatable bonds is 15. The summed E-state index contributed by atoms with van der Waals surface area (Å²) in [5.41, 5.74) is 1.02. The number of benzene rings is 4. The fraction of sp³-hybridized carbons (Fsp3) is 0.289. The topological polar surface area (TPSA) is 123 Å². The van der Waals surface area contributed by atoms with Crippen molar-refractivity contribution < 1.29 is 51.0 Å². The molecule has 0 saturated heterocycles. The largest absolute Gasteiger partial charge is 0.481 e. The molecule has 0 saturated carbocycles. The van der Waals surface area contributed by atoms with Crippen molar-refractivity contribution in [2.24, 2.45) is 0 Å². The average molecular weight is 812 g/mol. The number of carbonyl (C=O) groups excluding carboxylic acids is 4. The molecule has 5 rings (SSSR count). The summed E-state index contributed by atoms with van der Waals surface area (Å²) in [6.07, 6.45) is 5.27. The second kappa shape index (κ2) is 18.7. The molecule has 0 aliphatic carbocycles. The summed E-state index contributed by atoms with van der Waals surface area (Å²) < 4.78 is 71.9. The van der Waals surface area contributed by atoms with Gasteiger partial charge in [-0.3, -0.25) is 14.4 Å². The Morgan fingerprint density at radius 2 is 1.49 bits per heavy atom. The fourth-order valence-electron chi connectivity index (χ4n) is 5.91. The molecule has 0 aromatic heterocycles. The SMILES string of the molecule is C#CCOc1cc(NC(=O)CCC(C)(C)OCC(C)(C)NC(=O)CCC(=O)N2Cc3ccccc3C#Cc3ccccc32)cc(C(=O)Oc2c(F)c(F)cc(F)c2F)c1. The van der Waals surface area contributed by atoms with Crippen molar-refractivity contribution in [2.75, 3.05) is 23.4 Å². The van der Waals surface area contributed by atoms with Crippen molar-refractivity contribution >= 4 is 35.1 Å². The fourth-order valence-corrected chi connectivity index (χ4v) is 5.91. The molecule has 59 heavy (non-hydrogen) atoms. The van der Waals surface area contributed by atoms with E-state index in [-0.39, 0.29) is 73.8 Å². The van der Waals surface area contributed by atoms with Crippen LogP contribution in [0, 0.1) is 47.5 Å². The van der Waals surface area contributed by atoms with Gasteiger partial charge in [0.05, 0.1) is 35.5 Å². The van der Waals surface area contributed by atoms with Crippen molar-refractivity contribution in [2.45, 2.75) is 71.1 Å². The summed E-state index contributed by atoms with van der Waals surface area (Å²) in [5.74, 6) is -2.92. The van der Waals surface area contributed by atoms with E-state index < -0.39 is 52.0 Å². The van der Waals surface area contributed by atoms with Crippen LogP contribution >= 0.6 is 0 Å². The zero-order chi connectivity index (χ0) is 42.9. The second-order valence-electron chi connectivity index (χ2n) is 14.9. The number of hydrogen-bond acceptors (Lipinski definition) is 7. The van der Waals surface area contributed by atoms with Crippen LogP contribution in [0.1, 0.15) is 80.4 Å². The Hall–Kier alpha value is -6.64. The predicted molar refractivity (Wildman–Crippen MR) is 211 cm³/mol. The first-order valence-electron chi connectivity index (χ1n) is 18.5. The Balaban J connectivity index is 1.13. The van der Waals surface area contributed by atoms with Crippen LogP contribution in [-0.2, 0) is 25.7 Å². The van der Waals surface area contributed by atoms with E-state index in [9.17, 15) is 36.7 Å². The Morgan fingerprint density at radius 3 is 2.20 bits per heavy atom. The number of anilines is 2. The predicted octanol–water partition coefficient (Wildman–Crippen LogP) is 7.61. The Labute approximate surface area is 339 Å². The van der Waals surface area contributed by atoms with Crippen molar-refractivity contribution in [1.29, 1.82) is 0 Å². The third-order valence-electron chi connectivity index (χ3n) is 9.01. The molecule has 2 N–H and O–H groups in total. The highest BCUT2D eigenvalue weighted by Crippen LogP contribution is 2.30. The highest BCUT2D eigenvalue weighted by Gasteiger charge is 2.29. The van der Waals surface area contributed by atoms with Crippen LogP contribution in [0.15, 0.2) is 72.8 Å². The number of para-hydroxylation sites is 1. The van der Waals surface area contributed by atoms with E-state index in [1.165, 1.54) is 6.07 Å². The molecule has 1 heterocycles. The highest BCUT2D eigenvalue weighted by molar-refractivity contribution is 5.97. The lowest BCUT2D eigenvalue weighted by molar-refractivity contribution is -0.128. The normalized spacial score (nSPS) is 12.0. The van der Waals surface area contributed by atoms with Crippen molar-refractivity contribution in [1.82, 2.24) is 5.32 Å². The first-order chi connectivity index (χ1) is 27.9. The molecule has 0 unspecified atom stereocenters. The van der Waals surface area contributed by atoms with Gasteiger partial charge in [-0.2, -0.15) is 8.78 Å². The maximum atomic E-state index is 14.2. The lowest BCUT2D eigenvalue weighted by Gasteiger charge is -2.32. The minimum atomic E-state index is -1.92. The van der Waals surface area contributed by atoms with Gasteiger partial charge in [-0.05, 0) is 70.0 Å². The molecule has 0 bridgehead atoms. The van der Waals surface area contributed by atoms with Crippen molar-refractivity contribution in [3.8, 4) is 35.7 Å². The third kappa shape index (κ3) is 11.7. The molecule has 0 radical (unpaired) electrons. The van der Waals surface area contributed by atoms with Gasteiger partial charge in [0.1, 0.15) is 12.4 Å². The van der Waals surface area contributed by atoms with Gasteiger partial charge in [0.15, 0.2) is 11.6 Å².